The van der Waals surface area contributed by atoms with Gasteiger partial charge in [-0.3, -0.25) is 4.79 Å². The van der Waals surface area contributed by atoms with Crippen LogP contribution in [0.3, 0.4) is 0 Å². The first-order chi connectivity index (χ1) is 12.2. The summed E-state index contributed by atoms with van der Waals surface area (Å²) < 4.78 is -1.83. The van der Waals surface area contributed by atoms with Crippen LogP contribution in [0.1, 0.15) is 15.9 Å². The van der Waals surface area contributed by atoms with Crippen molar-refractivity contribution in [1.29, 1.82) is 0 Å². The average Bonchev–Trinajstić information content (AvgIpc) is 2.56. The van der Waals surface area contributed by atoms with Gasteiger partial charge in [0.05, 0.1) is 0 Å². The van der Waals surface area contributed by atoms with Gasteiger partial charge in [-0.2, -0.15) is 0 Å². The largest absolute Gasteiger partial charge is 0.339 e. The van der Waals surface area contributed by atoms with E-state index in [1.54, 1.807) is 36.4 Å². The van der Waals surface area contributed by atoms with Crippen LogP contribution in [0, 0.1) is 6.92 Å². The number of hydrogen-bond acceptors (Lipinski definition) is 2. The Hall–Kier alpha value is -1.24. The number of benzene rings is 2. The standard InChI is InChI=1S/C17H15Cl4N3OS/c1-10-4-2-3-5-13(10)14(25)23-15(17(19,20)21)24-16(26)22-12-8-6-11(18)7-9-12/h2-9,15H,1H3,(H,23,25)(H2,22,24,26). The molecule has 138 valence electrons. The molecule has 9 heteroatoms. The minimum atomic E-state index is -1.83. The minimum absolute atomic E-state index is 0.175. The minimum Gasteiger partial charge on any atom is -0.339 e. The number of anilines is 1. The maximum absolute atomic E-state index is 12.5. The summed E-state index contributed by atoms with van der Waals surface area (Å²) in [4.78, 5) is 12.5. The van der Waals surface area contributed by atoms with Crippen molar-refractivity contribution in [3.8, 4) is 0 Å². The first-order valence-corrected chi connectivity index (χ1v) is 9.35. The molecule has 0 fully saturated rings. The Bertz CT molecular complexity index is 793. The molecule has 0 aliphatic carbocycles. The molecular weight excluding hydrogens is 436 g/mol. The third kappa shape index (κ3) is 6.18. The average molecular weight is 451 g/mol. The van der Waals surface area contributed by atoms with Gasteiger partial charge in [-0.15, -0.1) is 0 Å². The number of rotatable bonds is 4. The maximum atomic E-state index is 12.5. The molecule has 4 nitrogen and oxygen atoms in total. The number of alkyl halides is 3. The fraction of sp³-hybridized carbons (Fsp3) is 0.176. The van der Waals surface area contributed by atoms with E-state index in [0.717, 1.165) is 5.56 Å². The lowest BCUT2D eigenvalue weighted by molar-refractivity contribution is 0.0934. The van der Waals surface area contributed by atoms with E-state index in [2.05, 4.69) is 16.0 Å². The molecule has 0 spiro atoms. The predicted molar refractivity (Wildman–Crippen MR) is 114 cm³/mol. The van der Waals surface area contributed by atoms with E-state index in [-0.39, 0.29) is 11.0 Å². The van der Waals surface area contributed by atoms with Crippen molar-refractivity contribution in [2.75, 3.05) is 5.32 Å². The maximum Gasteiger partial charge on any atom is 0.253 e. The quantitative estimate of drug-likeness (QED) is 0.346. The molecule has 26 heavy (non-hydrogen) atoms. The topological polar surface area (TPSA) is 53.2 Å². The first-order valence-electron chi connectivity index (χ1n) is 7.43. The monoisotopic (exact) mass is 449 g/mol. The molecule has 0 aliphatic rings. The predicted octanol–water partition coefficient (Wildman–Crippen LogP) is 5.06. The van der Waals surface area contributed by atoms with Gasteiger partial charge in [0.2, 0.25) is 3.79 Å². The third-order valence-electron chi connectivity index (χ3n) is 3.37. The number of amides is 1. The Labute approximate surface area is 177 Å². The van der Waals surface area contributed by atoms with Crippen LogP contribution >= 0.6 is 58.6 Å². The summed E-state index contributed by atoms with van der Waals surface area (Å²) in [6, 6.07) is 14.0. The molecule has 2 aromatic rings. The lowest BCUT2D eigenvalue weighted by Gasteiger charge is -2.28. The van der Waals surface area contributed by atoms with Crippen molar-refractivity contribution >= 4 is 75.3 Å². The summed E-state index contributed by atoms with van der Waals surface area (Å²) in [6.07, 6.45) is -1.05. The number of halogens is 4. The van der Waals surface area contributed by atoms with Crippen molar-refractivity contribution in [1.82, 2.24) is 10.6 Å². The molecule has 0 aromatic heterocycles. The van der Waals surface area contributed by atoms with Crippen molar-refractivity contribution in [3.63, 3.8) is 0 Å². The van der Waals surface area contributed by atoms with E-state index in [1.807, 2.05) is 19.1 Å². The molecular formula is C17H15Cl4N3OS. The van der Waals surface area contributed by atoms with E-state index >= 15 is 0 Å². The van der Waals surface area contributed by atoms with Crippen LogP contribution in [0.25, 0.3) is 0 Å². The highest BCUT2D eigenvalue weighted by molar-refractivity contribution is 7.80. The molecule has 0 saturated heterocycles. The van der Waals surface area contributed by atoms with Gasteiger partial charge >= 0.3 is 0 Å². The molecule has 3 N–H and O–H groups in total. The summed E-state index contributed by atoms with van der Waals surface area (Å²) in [5, 5.41) is 9.15. The Morgan fingerprint density at radius 3 is 2.23 bits per heavy atom. The lowest BCUT2D eigenvalue weighted by atomic mass is 10.1. The van der Waals surface area contributed by atoms with Gasteiger partial charge in [-0.25, -0.2) is 0 Å². The van der Waals surface area contributed by atoms with Gasteiger partial charge in [-0.1, -0.05) is 64.6 Å². The van der Waals surface area contributed by atoms with Crippen LogP contribution in [0.5, 0.6) is 0 Å². The Balaban J connectivity index is 2.07. The van der Waals surface area contributed by atoms with Crippen molar-refractivity contribution in [3.05, 3.63) is 64.7 Å². The molecule has 0 radical (unpaired) electrons. The number of carbonyl (C=O) groups is 1. The van der Waals surface area contributed by atoms with Crippen molar-refractivity contribution in [2.45, 2.75) is 16.9 Å². The fourth-order valence-electron chi connectivity index (χ4n) is 2.07. The van der Waals surface area contributed by atoms with Gasteiger partial charge in [0.1, 0.15) is 6.17 Å². The Morgan fingerprint density at radius 2 is 1.65 bits per heavy atom. The van der Waals surface area contributed by atoms with Crippen LogP contribution in [0.4, 0.5) is 5.69 Å². The van der Waals surface area contributed by atoms with Gasteiger partial charge in [-0.05, 0) is 55.0 Å². The molecule has 1 atom stereocenters. The fourth-order valence-corrected chi connectivity index (χ4v) is 2.76. The van der Waals surface area contributed by atoms with Gasteiger partial charge in [0.15, 0.2) is 5.11 Å². The Morgan fingerprint density at radius 1 is 1.04 bits per heavy atom. The second-order valence-electron chi connectivity index (χ2n) is 5.37. The Kier molecular flexibility index (Phi) is 7.38. The molecule has 1 amide bonds. The van der Waals surface area contributed by atoms with Crippen molar-refractivity contribution in [2.24, 2.45) is 0 Å². The highest BCUT2D eigenvalue weighted by Crippen LogP contribution is 2.29. The van der Waals surface area contributed by atoms with E-state index in [4.69, 9.17) is 58.6 Å². The zero-order chi connectivity index (χ0) is 19.3. The number of aryl methyl sites for hydroxylation is 1. The highest BCUT2D eigenvalue weighted by Gasteiger charge is 2.35. The van der Waals surface area contributed by atoms with E-state index in [1.165, 1.54) is 0 Å². The van der Waals surface area contributed by atoms with E-state index in [0.29, 0.717) is 16.3 Å². The number of hydrogen-bond donors (Lipinski definition) is 3. The molecule has 0 bridgehead atoms. The van der Waals surface area contributed by atoms with E-state index in [9.17, 15) is 4.79 Å². The molecule has 2 rings (SSSR count). The van der Waals surface area contributed by atoms with Crippen LogP contribution in [-0.2, 0) is 0 Å². The summed E-state index contributed by atoms with van der Waals surface area (Å²) in [5.74, 6) is -0.388. The van der Waals surface area contributed by atoms with Gasteiger partial charge in [0.25, 0.3) is 5.91 Å². The van der Waals surface area contributed by atoms with Gasteiger partial charge < -0.3 is 16.0 Å². The zero-order valence-corrected chi connectivity index (χ0v) is 17.4. The summed E-state index contributed by atoms with van der Waals surface area (Å²) in [6.45, 7) is 1.82. The zero-order valence-electron chi connectivity index (χ0n) is 13.5. The third-order valence-corrected chi connectivity index (χ3v) is 4.50. The highest BCUT2D eigenvalue weighted by atomic mass is 35.6. The SMILES string of the molecule is Cc1ccccc1C(=O)NC(NC(=S)Nc1ccc(Cl)cc1)C(Cl)(Cl)Cl. The van der Waals surface area contributed by atoms with Crippen molar-refractivity contribution < 1.29 is 4.79 Å². The molecule has 0 aliphatic heterocycles. The lowest BCUT2D eigenvalue weighted by Crippen LogP contribution is -2.56. The molecule has 0 saturated carbocycles. The normalized spacial score (nSPS) is 12.2. The first kappa shape index (κ1) is 21.1. The second kappa shape index (κ2) is 9.11. The van der Waals surface area contributed by atoms with E-state index < -0.39 is 9.96 Å². The van der Waals surface area contributed by atoms with Crippen LogP contribution in [0.2, 0.25) is 5.02 Å². The number of nitrogens with one attached hydrogen (secondary N) is 3. The van der Waals surface area contributed by atoms with Crippen LogP contribution < -0.4 is 16.0 Å². The summed E-state index contributed by atoms with van der Waals surface area (Å²) in [5.41, 5.74) is 1.97. The number of thiocarbonyl (C=S) groups is 1. The van der Waals surface area contributed by atoms with Crippen LogP contribution in [0.15, 0.2) is 48.5 Å². The second-order valence-corrected chi connectivity index (χ2v) is 8.58. The molecule has 1 unspecified atom stereocenters. The smallest absolute Gasteiger partial charge is 0.253 e. The molecule has 0 heterocycles. The van der Waals surface area contributed by atoms with Crippen LogP contribution in [-0.4, -0.2) is 21.0 Å². The van der Waals surface area contributed by atoms with Gasteiger partial charge in [0, 0.05) is 16.3 Å². The number of carbonyl (C=O) groups excluding carboxylic acids is 1. The molecule has 2 aromatic carbocycles. The summed E-state index contributed by atoms with van der Waals surface area (Å²) in [7, 11) is 0. The summed E-state index contributed by atoms with van der Waals surface area (Å²) >= 11 is 29.0.